The summed E-state index contributed by atoms with van der Waals surface area (Å²) >= 11 is 0. The highest BCUT2D eigenvalue weighted by molar-refractivity contribution is 5.90. The molecule has 2 aliphatic rings. The molecule has 0 radical (unpaired) electrons. The Balaban J connectivity index is 1.17. The monoisotopic (exact) mass is 486 g/mol. The largest absolute Gasteiger partial charge is 0.396 e. The summed E-state index contributed by atoms with van der Waals surface area (Å²) in [4.78, 5) is 15.2. The molecule has 0 aromatic heterocycles. The summed E-state index contributed by atoms with van der Waals surface area (Å²) in [5.41, 5.74) is 3.44. The van der Waals surface area contributed by atoms with Gasteiger partial charge in [-0.2, -0.15) is 5.26 Å². The average molecular weight is 487 g/mol. The molecule has 7 heteroatoms. The molecule has 0 unspecified atom stereocenters. The van der Waals surface area contributed by atoms with E-state index < -0.39 is 0 Å². The number of urea groups is 1. The van der Waals surface area contributed by atoms with Crippen LogP contribution in [0.3, 0.4) is 0 Å². The first-order valence-corrected chi connectivity index (χ1v) is 12.6. The lowest BCUT2D eigenvalue weighted by molar-refractivity contribution is 0.186. The van der Waals surface area contributed by atoms with Crippen LogP contribution >= 0.6 is 0 Å². The van der Waals surface area contributed by atoms with Crippen molar-refractivity contribution < 1.29 is 14.3 Å². The Morgan fingerprint density at radius 2 is 1.92 bits per heavy atom. The molecule has 1 heterocycles. The Labute approximate surface area is 210 Å². The van der Waals surface area contributed by atoms with Crippen LogP contribution in [0.5, 0.6) is 0 Å². The van der Waals surface area contributed by atoms with E-state index in [4.69, 9.17) is 0 Å². The normalized spacial score (nSPS) is 21.6. The Morgan fingerprint density at radius 1 is 1.11 bits per heavy atom. The molecule has 2 fully saturated rings. The number of likely N-dealkylation sites (tertiary alicyclic amines) is 1. The Bertz CT molecular complexity index is 1300. The first kappa shape index (κ1) is 24.2. The number of anilines is 1. The third kappa shape index (κ3) is 5.51. The number of nitrogens with one attached hydrogen (secondary N) is 2. The van der Waals surface area contributed by atoms with E-state index >= 15 is 0 Å². The summed E-state index contributed by atoms with van der Waals surface area (Å²) in [6.07, 6.45) is 3.66. The number of amides is 2. The maximum absolute atomic E-state index is 13.4. The van der Waals surface area contributed by atoms with Crippen LogP contribution in [-0.2, 0) is 6.54 Å². The lowest BCUT2D eigenvalue weighted by Gasteiger charge is -2.36. The van der Waals surface area contributed by atoms with E-state index in [9.17, 15) is 19.6 Å². The van der Waals surface area contributed by atoms with Crippen LogP contribution in [-0.4, -0.2) is 41.8 Å². The van der Waals surface area contributed by atoms with Gasteiger partial charge in [0.05, 0.1) is 11.6 Å². The molecule has 0 bridgehead atoms. The van der Waals surface area contributed by atoms with Crippen molar-refractivity contribution in [1.29, 1.82) is 5.26 Å². The summed E-state index contributed by atoms with van der Waals surface area (Å²) in [6.45, 7) is 2.62. The van der Waals surface area contributed by atoms with Crippen molar-refractivity contribution in [2.24, 2.45) is 5.92 Å². The quantitative estimate of drug-likeness (QED) is 0.432. The highest BCUT2D eigenvalue weighted by Gasteiger charge is 2.32. The van der Waals surface area contributed by atoms with Crippen LogP contribution in [0.15, 0.2) is 54.6 Å². The molecule has 6 nitrogen and oxygen atoms in total. The minimum absolute atomic E-state index is 0.0415. The molecular formula is C29H31FN4O2. The van der Waals surface area contributed by atoms with Gasteiger partial charge in [-0.25, -0.2) is 9.18 Å². The van der Waals surface area contributed by atoms with Crippen LogP contribution in [0.2, 0.25) is 0 Å². The first-order chi connectivity index (χ1) is 17.5. The molecule has 5 rings (SSSR count). The van der Waals surface area contributed by atoms with Gasteiger partial charge < -0.3 is 15.7 Å². The van der Waals surface area contributed by atoms with Gasteiger partial charge in [0.25, 0.3) is 0 Å². The molecule has 1 saturated carbocycles. The predicted molar refractivity (Wildman–Crippen MR) is 138 cm³/mol. The number of carbonyl (C=O) groups excluding carboxylic acids is 1. The zero-order valence-electron chi connectivity index (χ0n) is 20.2. The fourth-order valence-corrected chi connectivity index (χ4v) is 5.56. The van der Waals surface area contributed by atoms with Crippen molar-refractivity contribution in [2.75, 3.05) is 25.0 Å². The second kappa shape index (κ2) is 10.7. The maximum Gasteiger partial charge on any atom is 0.319 e. The van der Waals surface area contributed by atoms with Crippen molar-refractivity contribution >= 4 is 22.5 Å². The molecular weight excluding hydrogens is 455 g/mol. The van der Waals surface area contributed by atoms with Gasteiger partial charge >= 0.3 is 6.03 Å². The molecule has 2 amide bonds. The number of aliphatic hydroxyl groups is 1. The van der Waals surface area contributed by atoms with Crippen LogP contribution in [0, 0.1) is 23.1 Å². The number of hydrogen-bond donors (Lipinski definition) is 3. The van der Waals surface area contributed by atoms with Gasteiger partial charge in [0, 0.05) is 38.0 Å². The summed E-state index contributed by atoms with van der Waals surface area (Å²) in [7, 11) is 0. The molecule has 3 aromatic carbocycles. The predicted octanol–water partition coefficient (Wildman–Crippen LogP) is 5.12. The number of rotatable bonds is 7. The van der Waals surface area contributed by atoms with E-state index in [0.717, 1.165) is 67.2 Å². The van der Waals surface area contributed by atoms with Gasteiger partial charge in [-0.1, -0.05) is 24.3 Å². The van der Waals surface area contributed by atoms with Crippen molar-refractivity contribution in [3.63, 3.8) is 0 Å². The average Bonchev–Trinajstić information content (AvgIpc) is 3.27. The molecule has 0 spiro atoms. The fraction of sp³-hybridized carbons (Fsp3) is 0.379. The molecule has 1 aliphatic carbocycles. The molecule has 36 heavy (non-hydrogen) atoms. The minimum atomic E-state index is -0.253. The molecule has 1 saturated heterocycles. The van der Waals surface area contributed by atoms with E-state index in [1.54, 1.807) is 24.3 Å². The maximum atomic E-state index is 13.4. The van der Waals surface area contributed by atoms with Gasteiger partial charge in [0.15, 0.2) is 0 Å². The summed E-state index contributed by atoms with van der Waals surface area (Å²) < 4.78 is 13.4. The second-order valence-corrected chi connectivity index (χ2v) is 10.1. The number of halogens is 1. The molecule has 3 aromatic rings. The molecule has 3 N–H and O–H groups in total. The lowest BCUT2D eigenvalue weighted by Crippen LogP contribution is -2.40. The first-order valence-electron chi connectivity index (χ1n) is 12.6. The number of nitriles is 1. The van der Waals surface area contributed by atoms with Crippen molar-refractivity contribution in [1.82, 2.24) is 10.2 Å². The highest BCUT2D eigenvalue weighted by atomic mass is 19.1. The Hall–Kier alpha value is -3.47. The van der Waals surface area contributed by atoms with Crippen LogP contribution in [0.25, 0.3) is 10.8 Å². The van der Waals surface area contributed by atoms with E-state index in [-0.39, 0.29) is 24.5 Å². The van der Waals surface area contributed by atoms with Gasteiger partial charge in [-0.15, -0.1) is 0 Å². The number of carbonyl (C=O) groups is 1. The smallest absolute Gasteiger partial charge is 0.319 e. The molecule has 1 aliphatic heterocycles. The summed E-state index contributed by atoms with van der Waals surface area (Å²) in [5.74, 6) is 0.627. The number of benzene rings is 3. The third-order valence-corrected chi connectivity index (χ3v) is 7.52. The van der Waals surface area contributed by atoms with E-state index in [2.05, 4.69) is 27.7 Å². The fourth-order valence-electron chi connectivity index (χ4n) is 5.56. The van der Waals surface area contributed by atoms with Gasteiger partial charge in [-0.05, 0) is 89.8 Å². The molecule has 186 valence electrons. The highest BCUT2D eigenvalue weighted by Crippen LogP contribution is 2.45. The number of fused-ring (bicyclic) bond motifs is 1. The van der Waals surface area contributed by atoms with E-state index in [0.29, 0.717) is 23.1 Å². The van der Waals surface area contributed by atoms with Gasteiger partial charge in [-0.3, -0.25) is 4.90 Å². The zero-order valence-corrected chi connectivity index (χ0v) is 20.2. The lowest BCUT2D eigenvalue weighted by atomic mass is 9.69. The second-order valence-electron chi connectivity index (χ2n) is 10.1. The Kier molecular flexibility index (Phi) is 7.17. The zero-order chi connectivity index (χ0) is 25.1. The van der Waals surface area contributed by atoms with Crippen molar-refractivity contribution in [3.05, 3.63) is 77.1 Å². The van der Waals surface area contributed by atoms with E-state index in [1.165, 1.54) is 6.07 Å². The van der Waals surface area contributed by atoms with Crippen LogP contribution in [0.4, 0.5) is 14.9 Å². The standard InChI is InChI=1S/C29H31FN4O2/c30-25-5-4-22-13-21(1-3-23(22)15-25)17-34-9-7-26(18-34)32-29(36)33-28-14-20(16-31)2-6-27(28)24-11-19(12-24)8-10-35/h1-6,13-15,19,24,26,35H,7-12,17-18H2,(H2,32,33,36)/t19?,24?,26-/m1/s1. The SMILES string of the molecule is N#Cc1ccc(C2CC(CCO)C2)c(NC(=O)N[C@@H]2CCN(Cc3ccc4cc(F)ccc4c3)C2)c1. The van der Waals surface area contributed by atoms with Crippen molar-refractivity contribution in [3.8, 4) is 6.07 Å². The van der Waals surface area contributed by atoms with Gasteiger partial charge in [0.1, 0.15) is 5.82 Å². The minimum Gasteiger partial charge on any atom is -0.396 e. The third-order valence-electron chi connectivity index (χ3n) is 7.52. The number of hydrogen-bond acceptors (Lipinski definition) is 4. The van der Waals surface area contributed by atoms with Crippen LogP contribution < -0.4 is 10.6 Å². The summed E-state index contributed by atoms with van der Waals surface area (Å²) in [5, 5.41) is 26.5. The van der Waals surface area contributed by atoms with E-state index in [1.807, 2.05) is 18.2 Å². The number of aliphatic hydroxyl groups excluding tert-OH is 1. The van der Waals surface area contributed by atoms with Gasteiger partial charge in [0.2, 0.25) is 0 Å². The molecule has 1 atom stereocenters. The Morgan fingerprint density at radius 3 is 2.72 bits per heavy atom. The topological polar surface area (TPSA) is 88.4 Å². The number of nitrogens with zero attached hydrogens (tertiary/aromatic N) is 2. The summed E-state index contributed by atoms with van der Waals surface area (Å²) in [6, 6.07) is 18.4. The van der Waals surface area contributed by atoms with Crippen LogP contribution in [0.1, 0.15) is 48.3 Å². The van der Waals surface area contributed by atoms with Crippen molar-refractivity contribution in [2.45, 2.75) is 44.2 Å².